The molecule has 0 aliphatic carbocycles. The molecule has 6 rings (SSSR count). The molecule has 0 amide bonds. The van der Waals surface area contributed by atoms with Crippen molar-refractivity contribution in [2.24, 2.45) is 0 Å². The molecule has 52 heavy (non-hydrogen) atoms. The lowest BCUT2D eigenvalue weighted by molar-refractivity contribution is 0.0517. The van der Waals surface area contributed by atoms with Gasteiger partial charge in [0.15, 0.2) is 0 Å². The fourth-order valence-corrected chi connectivity index (χ4v) is 8.14. The van der Waals surface area contributed by atoms with E-state index in [0.29, 0.717) is 24.3 Å². The highest BCUT2D eigenvalue weighted by molar-refractivity contribution is 6.14. The van der Waals surface area contributed by atoms with Crippen molar-refractivity contribution in [3.8, 4) is 22.3 Å². The summed E-state index contributed by atoms with van der Waals surface area (Å²) in [6.07, 6.45) is 7.95. The van der Waals surface area contributed by atoms with Crippen LogP contribution in [0.15, 0.2) is 84.9 Å². The Morgan fingerprint density at radius 3 is 1.08 bits per heavy atom. The van der Waals surface area contributed by atoms with Crippen LogP contribution in [0.2, 0.25) is 0 Å². The molecule has 0 saturated carbocycles. The van der Waals surface area contributed by atoms with Gasteiger partial charge < -0.3 is 9.47 Å². The minimum atomic E-state index is -0.312. The Morgan fingerprint density at radius 1 is 0.423 bits per heavy atom. The highest BCUT2D eigenvalue weighted by Gasteiger charge is 2.24. The van der Waals surface area contributed by atoms with Crippen LogP contribution >= 0.6 is 0 Å². The summed E-state index contributed by atoms with van der Waals surface area (Å²) in [7, 11) is 0. The first-order valence-corrected chi connectivity index (χ1v) is 19.4. The number of carbonyl (C=O) groups excluding carboxylic acids is 2. The third-order valence-corrected chi connectivity index (χ3v) is 10.3. The monoisotopic (exact) mass is 692 g/mol. The Kier molecular flexibility index (Phi) is 11.7. The van der Waals surface area contributed by atoms with Crippen molar-refractivity contribution >= 4 is 44.3 Å². The molecule has 268 valence electrons. The number of hydrogen-bond acceptors (Lipinski definition) is 4. The molecule has 0 saturated heterocycles. The second kappa shape index (κ2) is 16.6. The number of rotatable bonds is 14. The number of carbonyl (C=O) groups is 2. The summed E-state index contributed by atoms with van der Waals surface area (Å²) in [5, 5.41) is 8.10. The Hall–Kier alpha value is -4.96. The van der Waals surface area contributed by atoms with Gasteiger partial charge in [0.25, 0.3) is 0 Å². The topological polar surface area (TPSA) is 52.6 Å². The first-order valence-electron chi connectivity index (χ1n) is 19.4. The zero-order valence-electron chi connectivity index (χ0n) is 31.8. The van der Waals surface area contributed by atoms with Crippen molar-refractivity contribution in [1.29, 1.82) is 0 Å². The van der Waals surface area contributed by atoms with E-state index in [1.54, 1.807) is 0 Å². The van der Waals surface area contributed by atoms with Crippen LogP contribution in [0.3, 0.4) is 0 Å². The third-order valence-electron chi connectivity index (χ3n) is 10.3. The summed E-state index contributed by atoms with van der Waals surface area (Å²) >= 11 is 0. The molecule has 4 heteroatoms. The standard InChI is InChI=1S/C48H52O4/c1-7-15-35-37-19-13-14-20-38(37)36(16-8-2)42-30-44-40(18-10-4)46(32-23-27-34(28-24-32)48(50)52-12-6)45(39(17-9-3)43(44)29-41(35)42)31-21-25-33(26-22-31)47(49)51-11-5/h13-14,19-30H,7-12,15-18H2,1-6H3. The van der Waals surface area contributed by atoms with Crippen molar-refractivity contribution < 1.29 is 19.1 Å². The molecule has 6 aromatic carbocycles. The molecule has 0 heterocycles. The minimum absolute atomic E-state index is 0.312. The van der Waals surface area contributed by atoms with E-state index in [-0.39, 0.29) is 11.9 Å². The van der Waals surface area contributed by atoms with Gasteiger partial charge in [0, 0.05) is 0 Å². The van der Waals surface area contributed by atoms with Gasteiger partial charge in [0.2, 0.25) is 0 Å². The smallest absolute Gasteiger partial charge is 0.338 e. The number of aryl methyl sites for hydroxylation is 4. The number of hydrogen-bond donors (Lipinski definition) is 0. The first kappa shape index (κ1) is 36.8. The van der Waals surface area contributed by atoms with E-state index in [4.69, 9.17) is 9.47 Å². The first-order chi connectivity index (χ1) is 25.4. The van der Waals surface area contributed by atoms with Gasteiger partial charge in [0.1, 0.15) is 0 Å². The lowest BCUT2D eigenvalue weighted by Crippen LogP contribution is -2.06. The average molecular weight is 693 g/mol. The van der Waals surface area contributed by atoms with Crippen LogP contribution < -0.4 is 0 Å². The molecule has 0 radical (unpaired) electrons. The van der Waals surface area contributed by atoms with Crippen LogP contribution in [0.4, 0.5) is 0 Å². The highest BCUT2D eigenvalue weighted by atomic mass is 16.5. The van der Waals surface area contributed by atoms with Crippen LogP contribution in [0, 0.1) is 0 Å². The molecule has 0 bridgehead atoms. The van der Waals surface area contributed by atoms with Crippen molar-refractivity contribution in [2.75, 3.05) is 13.2 Å². The van der Waals surface area contributed by atoms with Gasteiger partial charge in [-0.15, -0.1) is 0 Å². The molecule has 0 fully saturated rings. The SMILES string of the molecule is CCCc1c(-c2ccc(C(=O)OCC)cc2)c(-c2ccc(C(=O)OCC)cc2)c(CCC)c2cc3c(CCC)c4ccccc4c(CCC)c3cc12. The second-order valence-electron chi connectivity index (χ2n) is 13.7. The maximum Gasteiger partial charge on any atom is 0.338 e. The number of benzene rings is 6. The maximum atomic E-state index is 12.7. The van der Waals surface area contributed by atoms with Gasteiger partial charge in [0.05, 0.1) is 24.3 Å². The summed E-state index contributed by atoms with van der Waals surface area (Å²) in [4.78, 5) is 25.4. The maximum absolute atomic E-state index is 12.7. The van der Waals surface area contributed by atoms with Crippen LogP contribution in [0.25, 0.3) is 54.6 Å². The van der Waals surface area contributed by atoms with E-state index < -0.39 is 0 Å². The van der Waals surface area contributed by atoms with Crippen molar-refractivity contribution in [3.63, 3.8) is 0 Å². The molecule has 0 atom stereocenters. The average Bonchev–Trinajstić information content (AvgIpc) is 3.16. The number of fused-ring (bicyclic) bond motifs is 3. The number of esters is 2. The Bertz CT molecular complexity index is 2070. The molecule has 0 aliphatic rings. The van der Waals surface area contributed by atoms with Gasteiger partial charge >= 0.3 is 11.9 Å². The van der Waals surface area contributed by atoms with E-state index >= 15 is 0 Å². The minimum Gasteiger partial charge on any atom is -0.462 e. The predicted molar refractivity (Wildman–Crippen MR) is 218 cm³/mol. The van der Waals surface area contributed by atoms with E-state index in [9.17, 15) is 9.59 Å². The van der Waals surface area contributed by atoms with E-state index in [0.717, 1.165) is 62.5 Å². The van der Waals surface area contributed by atoms with Gasteiger partial charge in [-0.1, -0.05) is 102 Å². The van der Waals surface area contributed by atoms with Gasteiger partial charge in [-0.05, 0) is 153 Å². The lowest BCUT2D eigenvalue weighted by Gasteiger charge is -2.25. The van der Waals surface area contributed by atoms with Crippen molar-refractivity contribution in [1.82, 2.24) is 0 Å². The molecule has 4 nitrogen and oxygen atoms in total. The third kappa shape index (κ3) is 6.96. The van der Waals surface area contributed by atoms with Gasteiger partial charge in [-0.25, -0.2) is 9.59 Å². The van der Waals surface area contributed by atoms with Crippen molar-refractivity contribution in [3.05, 3.63) is 118 Å². The molecule has 6 aromatic rings. The predicted octanol–water partition coefficient (Wildman–Crippen LogP) is 12.6. The molecular formula is C48H52O4. The van der Waals surface area contributed by atoms with Crippen molar-refractivity contribution in [2.45, 2.75) is 92.9 Å². The summed E-state index contributed by atoms with van der Waals surface area (Å²) < 4.78 is 10.7. The summed E-state index contributed by atoms with van der Waals surface area (Å²) in [5.74, 6) is -0.624. The van der Waals surface area contributed by atoms with Crippen LogP contribution in [-0.4, -0.2) is 25.2 Å². The van der Waals surface area contributed by atoms with Gasteiger partial charge in [-0.3, -0.25) is 0 Å². The summed E-state index contributed by atoms with van der Waals surface area (Å²) in [6.45, 7) is 13.4. The van der Waals surface area contributed by atoms with Crippen LogP contribution in [0.1, 0.15) is 110 Å². The molecule has 0 aromatic heterocycles. The Labute approximate surface area is 309 Å². The van der Waals surface area contributed by atoms with Crippen LogP contribution in [0.5, 0.6) is 0 Å². The fraction of sp³-hybridized carbons (Fsp3) is 0.333. The fourth-order valence-electron chi connectivity index (χ4n) is 8.14. The molecule has 0 aliphatic heterocycles. The summed E-state index contributed by atoms with van der Waals surface area (Å²) in [5.41, 5.74) is 11.1. The highest BCUT2D eigenvalue weighted by Crippen LogP contribution is 2.47. The quantitative estimate of drug-likeness (QED) is 0.0842. The Balaban J connectivity index is 1.79. The van der Waals surface area contributed by atoms with E-state index in [2.05, 4.69) is 88.4 Å². The zero-order valence-corrected chi connectivity index (χ0v) is 31.8. The molecule has 0 spiro atoms. The largest absolute Gasteiger partial charge is 0.462 e. The molecular weight excluding hydrogens is 641 g/mol. The summed E-state index contributed by atoms with van der Waals surface area (Å²) in [6, 6.07) is 29.9. The molecule has 0 unspecified atom stereocenters. The second-order valence-corrected chi connectivity index (χ2v) is 13.7. The zero-order chi connectivity index (χ0) is 36.8. The van der Waals surface area contributed by atoms with E-state index in [1.165, 1.54) is 65.7 Å². The molecule has 0 N–H and O–H groups in total. The van der Waals surface area contributed by atoms with Gasteiger partial charge in [-0.2, -0.15) is 0 Å². The van der Waals surface area contributed by atoms with Crippen LogP contribution in [-0.2, 0) is 35.2 Å². The Morgan fingerprint density at radius 2 is 0.750 bits per heavy atom. The van der Waals surface area contributed by atoms with E-state index in [1.807, 2.05) is 38.1 Å². The lowest BCUT2D eigenvalue weighted by atomic mass is 9.78. The number of ether oxygens (including phenoxy) is 2. The normalized spacial score (nSPS) is 11.4.